The van der Waals surface area contributed by atoms with E-state index in [-0.39, 0.29) is 6.10 Å². The molecule has 1 aliphatic rings. The maximum absolute atomic E-state index is 9.87. The van der Waals surface area contributed by atoms with Crippen LogP contribution in [0.2, 0.25) is 0 Å². The summed E-state index contributed by atoms with van der Waals surface area (Å²) in [5.41, 5.74) is 1.38. The second-order valence-corrected chi connectivity index (χ2v) is 5.52. The van der Waals surface area contributed by atoms with Crippen molar-refractivity contribution in [1.82, 2.24) is 5.32 Å². The molecule has 2 rings (SSSR count). The fourth-order valence-corrected chi connectivity index (χ4v) is 2.39. The Labute approximate surface area is 121 Å². The highest BCUT2D eigenvalue weighted by Crippen LogP contribution is 2.40. The first kappa shape index (κ1) is 15.4. The minimum atomic E-state index is -0.466. The van der Waals surface area contributed by atoms with Crippen LogP contribution in [0.4, 0.5) is 0 Å². The van der Waals surface area contributed by atoms with Gasteiger partial charge in [-0.1, -0.05) is 30.3 Å². The highest BCUT2D eigenvalue weighted by Gasteiger charge is 2.37. The Hall–Kier alpha value is -0.940. The normalized spacial score (nSPS) is 24.4. The second-order valence-electron chi connectivity index (χ2n) is 5.52. The molecule has 0 amide bonds. The number of ether oxygens (including phenoxy) is 2. The number of aliphatic hydroxyl groups is 1. The van der Waals surface area contributed by atoms with Gasteiger partial charge in [0.1, 0.15) is 0 Å². The van der Waals surface area contributed by atoms with E-state index in [1.807, 2.05) is 13.0 Å². The molecular weight excluding hydrogens is 254 g/mol. The topological polar surface area (TPSA) is 50.7 Å². The van der Waals surface area contributed by atoms with Gasteiger partial charge in [0.05, 0.1) is 25.4 Å². The summed E-state index contributed by atoms with van der Waals surface area (Å²) < 4.78 is 10.5. The molecule has 0 heterocycles. The van der Waals surface area contributed by atoms with Gasteiger partial charge in [-0.3, -0.25) is 0 Å². The number of nitrogens with one attached hydrogen (secondary N) is 1. The lowest BCUT2D eigenvalue weighted by Gasteiger charge is -2.16. The maximum Gasteiger partial charge on any atom is 0.0897 e. The zero-order valence-electron chi connectivity index (χ0n) is 12.3. The monoisotopic (exact) mass is 279 g/mol. The number of rotatable bonds is 9. The highest BCUT2D eigenvalue weighted by atomic mass is 16.5. The van der Waals surface area contributed by atoms with Crippen LogP contribution in [0.5, 0.6) is 0 Å². The first-order valence-electron chi connectivity index (χ1n) is 7.27. The van der Waals surface area contributed by atoms with Crippen LogP contribution in [0.3, 0.4) is 0 Å². The van der Waals surface area contributed by atoms with Crippen molar-refractivity contribution < 1.29 is 14.6 Å². The molecule has 4 atom stereocenters. The van der Waals surface area contributed by atoms with Crippen LogP contribution in [0.15, 0.2) is 30.3 Å². The van der Waals surface area contributed by atoms with Gasteiger partial charge in [0.15, 0.2) is 0 Å². The SMILES string of the molecule is COCC(C)OCC(O)CNC1CC1c1ccccc1. The molecule has 1 saturated carbocycles. The first-order valence-corrected chi connectivity index (χ1v) is 7.27. The van der Waals surface area contributed by atoms with Crippen LogP contribution in [0.1, 0.15) is 24.8 Å². The zero-order chi connectivity index (χ0) is 14.4. The predicted octanol–water partition coefficient (Wildman–Crippen LogP) is 1.54. The maximum atomic E-state index is 9.87. The largest absolute Gasteiger partial charge is 0.389 e. The molecule has 0 aromatic heterocycles. The van der Waals surface area contributed by atoms with E-state index in [2.05, 4.69) is 29.6 Å². The molecular formula is C16H25NO3. The Morgan fingerprint density at radius 3 is 2.75 bits per heavy atom. The van der Waals surface area contributed by atoms with Crippen LogP contribution < -0.4 is 5.32 Å². The molecule has 4 unspecified atom stereocenters. The molecule has 0 bridgehead atoms. The van der Waals surface area contributed by atoms with Crippen molar-refractivity contribution in [3.05, 3.63) is 35.9 Å². The minimum Gasteiger partial charge on any atom is -0.389 e. The Kier molecular flexibility index (Phi) is 5.98. The van der Waals surface area contributed by atoms with E-state index in [1.165, 1.54) is 5.56 Å². The summed E-state index contributed by atoms with van der Waals surface area (Å²) >= 11 is 0. The molecule has 0 saturated heterocycles. The summed E-state index contributed by atoms with van der Waals surface area (Å²) in [5, 5.41) is 13.3. The third-order valence-electron chi connectivity index (χ3n) is 3.61. The number of hydrogen-bond acceptors (Lipinski definition) is 4. The van der Waals surface area contributed by atoms with E-state index in [4.69, 9.17) is 9.47 Å². The standard InChI is InChI=1S/C16H25NO3/c1-12(10-19-2)20-11-14(18)9-17-16-8-15(16)13-6-4-3-5-7-13/h3-7,12,14-18H,8-11H2,1-2H3. The van der Waals surface area contributed by atoms with Crippen molar-refractivity contribution in [2.75, 3.05) is 26.9 Å². The van der Waals surface area contributed by atoms with Gasteiger partial charge in [0.25, 0.3) is 0 Å². The summed E-state index contributed by atoms with van der Waals surface area (Å²) in [7, 11) is 1.65. The Morgan fingerprint density at radius 1 is 1.30 bits per heavy atom. The lowest BCUT2D eigenvalue weighted by molar-refractivity contribution is -0.0311. The van der Waals surface area contributed by atoms with E-state index in [1.54, 1.807) is 7.11 Å². The molecule has 0 radical (unpaired) electrons. The molecule has 4 nitrogen and oxygen atoms in total. The van der Waals surface area contributed by atoms with E-state index in [0.717, 1.165) is 6.42 Å². The smallest absolute Gasteiger partial charge is 0.0897 e. The van der Waals surface area contributed by atoms with Crippen LogP contribution >= 0.6 is 0 Å². The third-order valence-corrected chi connectivity index (χ3v) is 3.61. The van der Waals surface area contributed by atoms with Gasteiger partial charge in [-0.2, -0.15) is 0 Å². The summed E-state index contributed by atoms with van der Waals surface area (Å²) in [4.78, 5) is 0. The molecule has 1 aromatic carbocycles. The first-order chi connectivity index (χ1) is 9.70. The minimum absolute atomic E-state index is 0.0210. The van der Waals surface area contributed by atoms with Gasteiger partial charge in [-0.05, 0) is 18.9 Å². The van der Waals surface area contributed by atoms with Crippen molar-refractivity contribution in [2.24, 2.45) is 0 Å². The fourth-order valence-electron chi connectivity index (χ4n) is 2.39. The van der Waals surface area contributed by atoms with E-state index < -0.39 is 6.10 Å². The van der Waals surface area contributed by atoms with E-state index in [0.29, 0.717) is 31.7 Å². The number of hydrogen-bond donors (Lipinski definition) is 2. The number of aliphatic hydroxyl groups excluding tert-OH is 1. The van der Waals surface area contributed by atoms with Gasteiger partial charge in [0, 0.05) is 25.6 Å². The lowest BCUT2D eigenvalue weighted by atomic mass is 10.1. The molecule has 1 fully saturated rings. The molecule has 0 aliphatic heterocycles. The molecule has 112 valence electrons. The Balaban J connectivity index is 1.60. The predicted molar refractivity (Wildman–Crippen MR) is 78.9 cm³/mol. The average Bonchev–Trinajstić information content (AvgIpc) is 3.24. The van der Waals surface area contributed by atoms with E-state index in [9.17, 15) is 5.11 Å². The average molecular weight is 279 g/mol. The molecule has 1 aliphatic carbocycles. The fraction of sp³-hybridized carbons (Fsp3) is 0.625. The summed E-state index contributed by atoms with van der Waals surface area (Å²) in [6.45, 7) is 3.42. The Morgan fingerprint density at radius 2 is 2.05 bits per heavy atom. The lowest BCUT2D eigenvalue weighted by Crippen LogP contribution is -2.33. The second kappa shape index (κ2) is 7.74. The summed E-state index contributed by atoms with van der Waals surface area (Å²) in [5.74, 6) is 0.594. The molecule has 1 aromatic rings. The summed E-state index contributed by atoms with van der Waals surface area (Å²) in [6.07, 6.45) is 0.705. The van der Waals surface area contributed by atoms with Gasteiger partial charge in [-0.25, -0.2) is 0 Å². The van der Waals surface area contributed by atoms with Crippen LogP contribution in [0, 0.1) is 0 Å². The van der Waals surface area contributed by atoms with Crippen LogP contribution in [-0.4, -0.2) is 50.2 Å². The molecule has 4 heteroatoms. The summed E-state index contributed by atoms with van der Waals surface area (Å²) in [6, 6.07) is 11.0. The highest BCUT2D eigenvalue weighted by molar-refractivity contribution is 5.27. The van der Waals surface area contributed by atoms with Crippen molar-refractivity contribution in [1.29, 1.82) is 0 Å². The van der Waals surface area contributed by atoms with Crippen molar-refractivity contribution >= 4 is 0 Å². The third kappa shape index (κ3) is 4.87. The van der Waals surface area contributed by atoms with Gasteiger partial charge < -0.3 is 19.9 Å². The van der Waals surface area contributed by atoms with Crippen LogP contribution in [0.25, 0.3) is 0 Å². The molecule has 0 spiro atoms. The van der Waals surface area contributed by atoms with Crippen molar-refractivity contribution in [3.63, 3.8) is 0 Å². The molecule has 2 N–H and O–H groups in total. The Bertz CT molecular complexity index is 385. The quantitative estimate of drug-likeness (QED) is 0.720. The number of methoxy groups -OCH3 is 1. The van der Waals surface area contributed by atoms with Gasteiger partial charge in [-0.15, -0.1) is 0 Å². The van der Waals surface area contributed by atoms with Crippen LogP contribution in [-0.2, 0) is 9.47 Å². The van der Waals surface area contributed by atoms with Gasteiger partial charge in [0.2, 0.25) is 0 Å². The van der Waals surface area contributed by atoms with Crippen molar-refractivity contribution in [3.8, 4) is 0 Å². The van der Waals surface area contributed by atoms with E-state index >= 15 is 0 Å². The zero-order valence-corrected chi connectivity index (χ0v) is 12.3. The number of benzene rings is 1. The molecule has 20 heavy (non-hydrogen) atoms. The van der Waals surface area contributed by atoms with Crippen molar-refractivity contribution in [2.45, 2.75) is 37.5 Å². The van der Waals surface area contributed by atoms with Gasteiger partial charge >= 0.3 is 0 Å².